The minimum Gasteiger partial charge on any atom is -0.469 e. The Morgan fingerprint density at radius 2 is 2.10 bits per heavy atom. The summed E-state index contributed by atoms with van der Waals surface area (Å²) in [5, 5.41) is 3.53. The minimum atomic E-state index is -0.0410. The standard InChI is InChI=1S/C16H16N2O2S/c1-10-5-6-11(2)15-14(10)18-16(21-15)17-13(19)8-7-12-4-3-9-20-12/h3-6,9H,7-8H2,1-2H3,(H,17,18,19). The van der Waals surface area contributed by atoms with Gasteiger partial charge in [-0.2, -0.15) is 0 Å². The summed E-state index contributed by atoms with van der Waals surface area (Å²) >= 11 is 1.52. The fourth-order valence-corrected chi connectivity index (χ4v) is 3.21. The molecule has 4 nitrogen and oxygen atoms in total. The van der Waals surface area contributed by atoms with Crippen LogP contribution >= 0.6 is 11.3 Å². The van der Waals surface area contributed by atoms with Crippen molar-refractivity contribution < 1.29 is 9.21 Å². The number of fused-ring (bicyclic) bond motifs is 1. The van der Waals surface area contributed by atoms with E-state index in [0.29, 0.717) is 18.0 Å². The second kappa shape index (κ2) is 5.69. The molecule has 1 aromatic carbocycles. The number of anilines is 1. The molecule has 21 heavy (non-hydrogen) atoms. The third-order valence-corrected chi connectivity index (χ3v) is 4.47. The van der Waals surface area contributed by atoms with Gasteiger partial charge in [0, 0.05) is 12.8 Å². The van der Waals surface area contributed by atoms with Gasteiger partial charge in [0.1, 0.15) is 5.76 Å². The fraction of sp³-hybridized carbons (Fsp3) is 0.250. The van der Waals surface area contributed by atoms with Crippen LogP contribution in [0.25, 0.3) is 10.2 Å². The number of furan rings is 1. The van der Waals surface area contributed by atoms with Crippen molar-refractivity contribution in [1.29, 1.82) is 0 Å². The van der Waals surface area contributed by atoms with Crippen LogP contribution < -0.4 is 5.32 Å². The quantitative estimate of drug-likeness (QED) is 0.790. The van der Waals surface area contributed by atoms with E-state index in [1.165, 1.54) is 16.9 Å². The third-order valence-electron chi connectivity index (χ3n) is 3.37. The maximum atomic E-state index is 12.0. The van der Waals surface area contributed by atoms with Gasteiger partial charge in [0.25, 0.3) is 0 Å². The summed E-state index contributed by atoms with van der Waals surface area (Å²) in [5.74, 6) is 0.780. The van der Waals surface area contributed by atoms with Crippen LogP contribution in [0.5, 0.6) is 0 Å². The molecule has 0 fully saturated rings. The highest BCUT2D eigenvalue weighted by Crippen LogP contribution is 2.30. The number of thiazole rings is 1. The zero-order valence-corrected chi connectivity index (χ0v) is 12.8. The molecule has 1 N–H and O–H groups in total. The molecule has 0 saturated carbocycles. The van der Waals surface area contributed by atoms with E-state index in [0.717, 1.165) is 21.5 Å². The fourth-order valence-electron chi connectivity index (χ4n) is 2.19. The zero-order chi connectivity index (χ0) is 14.8. The van der Waals surface area contributed by atoms with Crippen molar-refractivity contribution in [3.63, 3.8) is 0 Å². The first-order chi connectivity index (χ1) is 10.1. The van der Waals surface area contributed by atoms with Crippen LogP contribution in [-0.2, 0) is 11.2 Å². The topological polar surface area (TPSA) is 55.1 Å². The van der Waals surface area contributed by atoms with E-state index in [1.807, 2.05) is 19.1 Å². The number of hydrogen-bond donors (Lipinski definition) is 1. The lowest BCUT2D eigenvalue weighted by molar-refractivity contribution is -0.116. The van der Waals surface area contributed by atoms with Gasteiger partial charge < -0.3 is 9.73 Å². The second-order valence-corrected chi connectivity index (χ2v) is 6.02. The van der Waals surface area contributed by atoms with Gasteiger partial charge in [0.2, 0.25) is 5.91 Å². The molecule has 0 aliphatic rings. The third kappa shape index (κ3) is 2.97. The van der Waals surface area contributed by atoms with Gasteiger partial charge in [-0.15, -0.1) is 0 Å². The molecule has 0 radical (unpaired) electrons. The van der Waals surface area contributed by atoms with E-state index in [4.69, 9.17) is 4.42 Å². The van der Waals surface area contributed by atoms with Gasteiger partial charge >= 0.3 is 0 Å². The first-order valence-electron chi connectivity index (χ1n) is 6.82. The van der Waals surface area contributed by atoms with E-state index in [2.05, 4.69) is 29.4 Å². The van der Waals surface area contributed by atoms with Crippen molar-refractivity contribution in [2.45, 2.75) is 26.7 Å². The van der Waals surface area contributed by atoms with Gasteiger partial charge in [0.05, 0.1) is 16.5 Å². The van der Waals surface area contributed by atoms with Gasteiger partial charge in [-0.1, -0.05) is 23.5 Å². The number of carbonyl (C=O) groups is 1. The number of amides is 1. The number of benzene rings is 1. The summed E-state index contributed by atoms with van der Waals surface area (Å²) < 4.78 is 6.36. The maximum Gasteiger partial charge on any atom is 0.226 e. The molecule has 0 bridgehead atoms. The van der Waals surface area contributed by atoms with Gasteiger partial charge in [-0.3, -0.25) is 4.79 Å². The Balaban J connectivity index is 1.71. The highest BCUT2D eigenvalue weighted by atomic mass is 32.1. The number of carbonyl (C=O) groups excluding carboxylic acids is 1. The Bertz CT molecular complexity index is 736. The Hall–Kier alpha value is -2.14. The highest BCUT2D eigenvalue weighted by Gasteiger charge is 2.11. The molecule has 2 aromatic heterocycles. The number of hydrogen-bond acceptors (Lipinski definition) is 4. The predicted molar refractivity (Wildman–Crippen MR) is 84.8 cm³/mol. The van der Waals surface area contributed by atoms with Crippen LogP contribution in [0.1, 0.15) is 23.3 Å². The molecular weight excluding hydrogens is 284 g/mol. The van der Waals surface area contributed by atoms with Crippen LogP contribution in [-0.4, -0.2) is 10.9 Å². The van der Waals surface area contributed by atoms with Crippen molar-refractivity contribution in [2.75, 3.05) is 5.32 Å². The second-order valence-electron chi connectivity index (χ2n) is 5.02. The minimum absolute atomic E-state index is 0.0410. The molecule has 2 heterocycles. The summed E-state index contributed by atoms with van der Waals surface area (Å²) in [6.07, 6.45) is 2.61. The number of nitrogens with zero attached hydrogens (tertiary/aromatic N) is 1. The molecule has 5 heteroatoms. The van der Waals surface area contributed by atoms with Crippen LogP contribution in [0.15, 0.2) is 34.9 Å². The summed E-state index contributed by atoms with van der Waals surface area (Å²) in [6, 6.07) is 7.84. The lowest BCUT2D eigenvalue weighted by Gasteiger charge is -1.99. The molecule has 108 valence electrons. The first-order valence-corrected chi connectivity index (χ1v) is 7.64. The summed E-state index contributed by atoms with van der Waals surface area (Å²) in [6.45, 7) is 4.09. The van der Waals surface area contributed by atoms with Gasteiger partial charge in [-0.25, -0.2) is 4.98 Å². The zero-order valence-electron chi connectivity index (χ0n) is 12.0. The van der Waals surface area contributed by atoms with Crippen molar-refractivity contribution >= 4 is 32.6 Å². The van der Waals surface area contributed by atoms with E-state index < -0.39 is 0 Å². The molecule has 0 aliphatic carbocycles. The SMILES string of the molecule is Cc1ccc(C)c2sc(NC(=O)CCc3ccco3)nc12. The van der Waals surface area contributed by atoms with Crippen molar-refractivity contribution in [3.8, 4) is 0 Å². The molecule has 0 atom stereocenters. The predicted octanol–water partition coefficient (Wildman–Crippen LogP) is 4.08. The number of rotatable bonds is 4. The molecule has 3 aromatic rings. The van der Waals surface area contributed by atoms with Crippen molar-refractivity contribution in [3.05, 3.63) is 47.4 Å². The van der Waals surface area contributed by atoms with Gasteiger partial charge in [-0.05, 0) is 37.1 Å². The average molecular weight is 300 g/mol. The monoisotopic (exact) mass is 300 g/mol. The first kappa shape index (κ1) is 13.8. The lowest BCUT2D eigenvalue weighted by Crippen LogP contribution is -2.11. The molecular formula is C16H16N2O2S. The lowest BCUT2D eigenvalue weighted by atomic mass is 10.1. The summed E-state index contributed by atoms with van der Waals surface area (Å²) in [4.78, 5) is 16.5. The maximum absolute atomic E-state index is 12.0. The summed E-state index contributed by atoms with van der Waals surface area (Å²) in [7, 11) is 0. The molecule has 0 saturated heterocycles. The van der Waals surface area contributed by atoms with Crippen LogP contribution in [0.4, 0.5) is 5.13 Å². The molecule has 3 rings (SSSR count). The highest BCUT2D eigenvalue weighted by molar-refractivity contribution is 7.22. The van der Waals surface area contributed by atoms with Crippen LogP contribution in [0, 0.1) is 13.8 Å². The molecule has 0 spiro atoms. The Morgan fingerprint density at radius 3 is 2.81 bits per heavy atom. The van der Waals surface area contributed by atoms with Crippen LogP contribution in [0.3, 0.4) is 0 Å². The van der Waals surface area contributed by atoms with Gasteiger partial charge in [0.15, 0.2) is 5.13 Å². The van der Waals surface area contributed by atoms with E-state index in [9.17, 15) is 4.79 Å². The van der Waals surface area contributed by atoms with E-state index in [1.54, 1.807) is 6.26 Å². The molecule has 0 unspecified atom stereocenters. The number of aromatic nitrogens is 1. The van der Waals surface area contributed by atoms with Crippen molar-refractivity contribution in [2.24, 2.45) is 0 Å². The normalized spacial score (nSPS) is 11.0. The van der Waals surface area contributed by atoms with Crippen LogP contribution in [0.2, 0.25) is 0 Å². The van der Waals surface area contributed by atoms with E-state index >= 15 is 0 Å². The number of nitrogens with one attached hydrogen (secondary N) is 1. The average Bonchev–Trinajstić information content (AvgIpc) is 3.10. The van der Waals surface area contributed by atoms with E-state index in [-0.39, 0.29) is 5.91 Å². The van der Waals surface area contributed by atoms with Crippen molar-refractivity contribution in [1.82, 2.24) is 4.98 Å². The Labute approximate surface area is 126 Å². The number of aryl methyl sites for hydroxylation is 3. The Morgan fingerprint density at radius 1 is 1.29 bits per heavy atom. The summed E-state index contributed by atoms with van der Waals surface area (Å²) in [5.41, 5.74) is 3.29. The largest absolute Gasteiger partial charge is 0.469 e. The Kier molecular flexibility index (Phi) is 3.75. The smallest absolute Gasteiger partial charge is 0.226 e. The molecule has 1 amide bonds. The molecule has 0 aliphatic heterocycles.